The highest BCUT2D eigenvalue weighted by molar-refractivity contribution is 9.09. The van der Waals surface area contributed by atoms with E-state index in [1.54, 1.807) is 0 Å². The Morgan fingerprint density at radius 1 is 1.00 bits per heavy atom. The normalized spacial score (nSPS) is 15.4. The Bertz CT molecular complexity index is 471. The van der Waals surface area contributed by atoms with Crippen molar-refractivity contribution in [1.82, 2.24) is 0 Å². The zero-order chi connectivity index (χ0) is 17.1. The van der Waals surface area contributed by atoms with Gasteiger partial charge in [-0.25, -0.2) is 0 Å². The Morgan fingerprint density at radius 3 is 1.77 bits per heavy atom. The maximum Gasteiger partial charge on any atom is 0.193 e. The number of aliphatic hydroxyl groups is 1. The number of halogens is 4. The molecule has 0 bridgehead atoms. The topological polar surface area (TPSA) is 20.2 Å². The van der Waals surface area contributed by atoms with Crippen LogP contribution in [0.15, 0.2) is 18.2 Å². The first-order chi connectivity index (χ1) is 9.98. The van der Waals surface area contributed by atoms with Crippen LogP contribution in [-0.4, -0.2) is 14.2 Å². The number of hydrogen-bond acceptors (Lipinski definition) is 1. The molecule has 0 saturated carbocycles. The second-order valence-electron chi connectivity index (χ2n) is 6.46. The van der Waals surface area contributed by atoms with Crippen molar-refractivity contribution in [1.29, 1.82) is 0 Å². The number of benzene rings is 1. The minimum atomic E-state index is -1.50. The number of hydrogen-bond donors (Lipinski definition) is 1. The van der Waals surface area contributed by atoms with Crippen molar-refractivity contribution in [3.63, 3.8) is 0 Å². The van der Waals surface area contributed by atoms with Crippen molar-refractivity contribution >= 4 is 50.7 Å². The summed E-state index contributed by atoms with van der Waals surface area (Å²) in [5.41, 5.74) is 2.05. The van der Waals surface area contributed by atoms with Crippen LogP contribution in [0.25, 0.3) is 0 Å². The van der Waals surface area contributed by atoms with E-state index in [0.29, 0.717) is 23.6 Å². The quantitative estimate of drug-likeness (QED) is 0.500. The van der Waals surface area contributed by atoms with Crippen molar-refractivity contribution in [2.75, 3.05) is 5.33 Å². The summed E-state index contributed by atoms with van der Waals surface area (Å²) < 4.78 is -1.50. The van der Waals surface area contributed by atoms with Gasteiger partial charge in [0.1, 0.15) is 0 Å². The largest absolute Gasteiger partial charge is 0.385 e. The van der Waals surface area contributed by atoms with Crippen LogP contribution in [0.5, 0.6) is 0 Å². The summed E-state index contributed by atoms with van der Waals surface area (Å²) in [6.07, 6.45) is 0.551. The lowest BCUT2D eigenvalue weighted by molar-refractivity contribution is 0.0259. The molecular weight excluding hydrogens is 406 g/mol. The first kappa shape index (κ1) is 20.6. The summed E-state index contributed by atoms with van der Waals surface area (Å²) in [4.78, 5) is 0. The van der Waals surface area contributed by atoms with Crippen LogP contribution in [0.4, 0.5) is 0 Å². The van der Waals surface area contributed by atoms with Gasteiger partial charge in [-0.05, 0) is 34.9 Å². The smallest absolute Gasteiger partial charge is 0.193 e. The number of alkyl halides is 4. The van der Waals surface area contributed by atoms with Crippen LogP contribution in [0.1, 0.15) is 69.1 Å². The molecule has 0 radical (unpaired) electrons. The molecule has 0 amide bonds. The third kappa shape index (κ3) is 5.87. The molecule has 0 spiro atoms. The van der Waals surface area contributed by atoms with E-state index < -0.39 is 9.39 Å². The van der Waals surface area contributed by atoms with Gasteiger partial charge in [-0.2, -0.15) is 0 Å². The van der Waals surface area contributed by atoms with Crippen LogP contribution in [0.3, 0.4) is 0 Å². The highest BCUT2D eigenvalue weighted by Gasteiger charge is 2.38. The SMILES string of the molecule is CC(C)c1cc(C(C)C)cc(C(O)(CCBr)CC(Cl)(Cl)Cl)c1. The monoisotopic (exact) mass is 428 g/mol. The van der Waals surface area contributed by atoms with Gasteiger partial charge < -0.3 is 5.11 Å². The van der Waals surface area contributed by atoms with Crippen LogP contribution >= 0.6 is 50.7 Å². The lowest BCUT2D eigenvalue weighted by atomic mass is 9.83. The summed E-state index contributed by atoms with van der Waals surface area (Å²) in [6.45, 7) is 8.56. The molecule has 22 heavy (non-hydrogen) atoms. The Morgan fingerprint density at radius 2 is 1.45 bits per heavy atom. The molecule has 1 rings (SSSR count). The van der Waals surface area contributed by atoms with Crippen molar-refractivity contribution < 1.29 is 5.11 Å². The van der Waals surface area contributed by atoms with E-state index >= 15 is 0 Å². The van der Waals surface area contributed by atoms with Crippen molar-refractivity contribution in [3.8, 4) is 0 Å². The molecule has 0 saturated heterocycles. The van der Waals surface area contributed by atoms with Crippen LogP contribution in [0.2, 0.25) is 0 Å². The fraction of sp³-hybridized carbons (Fsp3) is 0.647. The standard InChI is InChI=1S/C17H24BrCl3O/c1-11(2)13-7-14(12(3)4)9-15(8-13)16(22,5-6-18)10-17(19,20)21/h7-9,11-12,22H,5-6,10H2,1-4H3. The van der Waals surface area contributed by atoms with Crippen molar-refractivity contribution in [2.45, 2.75) is 61.8 Å². The van der Waals surface area contributed by atoms with Gasteiger partial charge in [0.2, 0.25) is 0 Å². The highest BCUT2D eigenvalue weighted by atomic mass is 79.9. The minimum absolute atomic E-state index is 0.0648. The van der Waals surface area contributed by atoms with E-state index in [-0.39, 0.29) is 6.42 Å². The zero-order valence-electron chi connectivity index (χ0n) is 13.5. The zero-order valence-corrected chi connectivity index (χ0v) is 17.3. The Labute approximate surface area is 157 Å². The lowest BCUT2D eigenvalue weighted by Crippen LogP contribution is -2.32. The Hall–Kier alpha value is 0.530. The third-order valence-corrected chi connectivity index (χ3v) is 4.65. The van der Waals surface area contributed by atoms with Crippen molar-refractivity contribution in [2.24, 2.45) is 0 Å². The molecule has 126 valence electrons. The van der Waals surface area contributed by atoms with Crippen LogP contribution < -0.4 is 0 Å². The van der Waals surface area contributed by atoms with Crippen molar-refractivity contribution in [3.05, 3.63) is 34.9 Å². The fourth-order valence-electron chi connectivity index (χ4n) is 2.43. The van der Waals surface area contributed by atoms with E-state index in [4.69, 9.17) is 34.8 Å². The predicted molar refractivity (Wildman–Crippen MR) is 102 cm³/mol. The molecule has 1 unspecified atom stereocenters. The molecule has 0 aliphatic heterocycles. The van der Waals surface area contributed by atoms with Gasteiger partial charge in [0.25, 0.3) is 0 Å². The summed E-state index contributed by atoms with van der Waals surface area (Å²) in [6, 6.07) is 6.27. The van der Waals surface area contributed by atoms with Crippen LogP contribution in [0, 0.1) is 0 Å². The van der Waals surface area contributed by atoms with Gasteiger partial charge in [-0.1, -0.05) is 96.6 Å². The average Bonchev–Trinajstić information content (AvgIpc) is 2.36. The molecule has 1 N–H and O–H groups in total. The molecule has 0 aromatic heterocycles. The predicted octanol–water partition coefficient (Wildman–Crippen LogP) is 6.67. The molecule has 0 fully saturated rings. The fourth-order valence-corrected chi connectivity index (χ4v) is 3.75. The van der Waals surface area contributed by atoms with E-state index in [1.807, 2.05) is 12.1 Å². The minimum Gasteiger partial charge on any atom is -0.385 e. The van der Waals surface area contributed by atoms with Gasteiger partial charge in [0, 0.05) is 11.8 Å². The molecular formula is C17H24BrCl3O. The molecule has 1 nitrogen and oxygen atoms in total. The molecule has 5 heteroatoms. The van der Waals surface area contributed by atoms with Crippen LogP contribution in [-0.2, 0) is 5.60 Å². The molecule has 0 heterocycles. The Kier molecular flexibility index (Phi) is 7.55. The third-order valence-electron chi connectivity index (χ3n) is 3.85. The maximum absolute atomic E-state index is 11.1. The molecule has 1 aromatic rings. The Balaban J connectivity index is 3.40. The van der Waals surface area contributed by atoms with E-state index in [0.717, 1.165) is 5.56 Å². The second kappa shape index (κ2) is 8.07. The molecule has 0 aliphatic carbocycles. The molecule has 1 atom stereocenters. The van der Waals surface area contributed by atoms with Gasteiger partial charge >= 0.3 is 0 Å². The summed E-state index contributed by atoms with van der Waals surface area (Å²) in [7, 11) is 0. The molecule has 1 aromatic carbocycles. The van der Waals surface area contributed by atoms with Gasteiger partial charge in [-0.15, -0.1) is 0 Å². The first-order valence-electron chi connectivity index (χ1n) is 7.49. The number of rotatable bonds is 6. The van der Waals surface area contributed by atoms with Gasteiger partial charge in [0.15, 0.2) is 3.79 Å². The lowest BCUT2D eigenvalue weighted by Gasteiger charge is -2.32. The maximum atomic E-state index is 11.1. The van der Waals surface area contributed by atoms with E-state index in [9.17, 15) is 5.11 Å². The molecule has 0 aliphatic rings. The van der Waals surface area contributed by atoms with E-state index in [2.05, 4.69) is 49.7 Å². The average molecular weight is 431 g/mol. The van der Waals surface area contributed by atoms with E-state index in [1.165, 1.54) is 11.1 Å². The first-order valence-corrected chi connectivity index (χ1v) is 9.74. The highest BCUT2D eigenvalue weighted by Crippen LogP contribution is 2.43. The summed E-state index contributed by atoms with van der Waals surface area (Å²) in [5.74, 6) is 0.747. The summed E-state index contributed by atoms with van der Waals surface area (Å²) in [5, 5.41) is 11.8. The summed E-state index contributed by atoms with van der Waals surface area (Å²) >= 11 is 21.3. The van der Waals surface area contributed by atoms with Gasteiger partial charge in [-0.3, -0.25) is 0 Å². The second-order valence-corrected chi connectivity index (χ2v) is 9.77. The van der Waals surface area contributed by atoms with Gasteiger partial charge in [0.05, 0.1) is 5.60 Å².